The van der Waals surface area contributed by atoms with Gasteiger partial charge >= 0.3 is 12.1 Å². The van der Waals surface area contributed by atoms with Crippen molar-refractivity contribution in [3.8, 4) is 5.75 Å². The second-order valence-corrected chi connectivity index (χ2v) is 13.1. The number of rotatable bonds is 6. The van der Waals surface area contributed by atoms with Crippen LogP contribution in [0.1, 0.15) is 79.3 Å². The Labute approximate surface area is 258 Å². The Kier molecular flexibility index (Phi) is 7.74. The summed E-state index contributed by atoms with van der Waals surface area (Å²) in [7, 11) is 1.56. The van der Waals surface area contributed by atoms with Crippen LogP contribution in [0.25, 0.3) is 0 Å². The minimum absolute atomic E-state index is 0.0232. The molecule has 6 rings (SSSR count). The van der Waals surface area contributed by atoms with Crippen molar-refractivity contribution in [2.45, 2.75) is 82.0 Å². The lowest BCUT2D eigenvalue weighted by atomic mass is 9.50. The van der Waals surface area contributed by atoms with Crippen LogP contribution >= 0.6 is 0 Å². The molecular weight excluding hydrogens is 593 g/mol. The molecule has 45 heavy (non-hydrogen) atoms. The van der Waals surface area contributed by atoms with Crippen molar-refractivity contribution in [3.05, 3.63) is 88.0 Å². The average Bonchev–Trinajstić information content (AvgIpc) is 3.30. The van der Waals surface area contributed by atoms with Gasteiger partial charge in [0.1, 0.15) is 11.4 Å². The summed E-state index contributed by atoms with van der Waals surface area (Å²) in [5, 5.41) is 14.3. The molecule has 0 spiro atoms. The van der Waals surface area contributed by atoms with Crippen LogP contribution in [0.15, 0.2) is 71.3 Å². The Morgan fingerprint density at radius 2 is 1.69 bits per heavy atom. The molecule has 240 valence electrons. The minimum Gasteiger partial charge on any atom is -0.497 e. The van der Waals surface area contributed by atoms with E-state index in [0.717, 1.165) is 22.3 Å². The molecule has 5 atom stereocenters. The number of ether oxygens (including phenoxy) is 1. The number of benzene rings is 2. The van der Waals surface area contributed by atoms with E-state index in [-0.39, 0.29) is 37.0 Å². The summed E-state index contributed by atoms with van der Waals surface area (Å²) in [6.45, 7) is 1.68. The molecule has 0 saturated heterocycles. The van der Waals surface area contributed by atoms with Gasteiger partial charge in [-0.1, -0.05) is 36.8 Å². The first kappa shape index (κ1) is 31.5. The fraction of sp³-hybridized carbons (Fsp3) is 0.486. The fourth-order valence-corrected chi connectivity index (χ4v) is 8.61. The summed E-state index contributed by atoms with van der Waals surface area (Å²) in [4.78, 5) is 25.2. The van der Waals surface area contributed by atoms with Crippen molar-refractivity contribution in [2.24, 2.45) is 17.3 Å². The predicted octanol–water partition coefficient (Wildman–Crippen LogP) is 7.45. The molecule has 0 bridgehead atoms. The zero-order valence-electron chi connectivity index (χ0n) is 25.1. The molecule has 4 aliphatic rings. The van der Waals surface area contributed by atoms with Gasteiger partial charge in [0.2, 0.25) is 0 Å². The van der Waals surface area contributed by atoms with Crippen LogP contribution < -0.4 is 10.1 Å². The zero-order valence-corrected chi connectivity index (χ0v) is 25.1. The highest BCUT2D eigenvalue weighted by Gasteiger charge is 2.79. The van der Waals surface area contributed by atoms with E-state index in [1.807, 2.05) is 12.1 Å². The quantitative estimate of drug-likeness (QED) is 0.326. The number of hydrogen-bond acceptors (Lipinski definition) is 4. The summed E-state index contributed by atoms with van der Waals surface area (Å²) in [5.41, 5.74) is -0.183. The summed E-state index contributed by atoms with van der Waals surface area (Å²) >= 11 is 0. The van der Waals surface area contributed by atoms with Gasteiger partial charge in [0.05, 0.1) is 7.11 Å². The standard InChI is InChI=1S/C35H36F5NO4/c1-32-18-28(21-5-7-22(8-6-21)31(43)41-19-20-3-11-25(45-2)12-4-20)30-26-14-10-24(42)17-23(26)9-13-27(30)29(32)15-16-33(32,44)34(36,37)35(38,39)40/h3-8,11-12,17,27-29,44H,9-10,13-16,18-19H2,1-2H3,(H,41,43)/t27?,28-,29?,32+,33-/m1/s1. The van der Waals surface area contributed by atoms with Gasteiger partial charge in [-0.05, 0) is 103 Å². The lowest BCUT2D eigenvalue weighted by Crippen LogP contribution is -2.65. The molecule has 0 aromatic heterocycles. The highest BCUT2D eigenvalue weighted by molar-refractivity contribution is 5.94. The Morgan fingerprint density at radius 3 is 2.33 bits per heavy atom. The van der Waals surface area contributed by atoms with Crippen molar-refractivity contribution in [2.75, 3.05) is 7.11 Å². The third-order valence-electron chi connectivity index (χ3n) is 10.9. The topological polar surface area (TPSA) is 75.6 Å². The van der Waals surface area contributed by atoms with Crippen molar-refractivity contribution in [3.63, 3.8) is 0 Å². The lowest BCUT2D eigenvalue weighted by Gasteiger charge is -2.56. The van der Waals surface area contributed by atoms with Gasteiger partial charge in [-0.3, -0.25) is 9.59 Å². The van der Waals surface area contributed by atoms with Crippen molar-refractivity contribution >= 4 is 11.7 Å². The van der Waals surface area contributed by atoms with Crippen LogP contribution in [0.3, 0.4) is 0 Å². The molecule has 2 saturated carbocycles. The van der Waals surface area contributed by atoms with Gasteiger partial charge in [0.15, 0.2) is 5.78 Å². The van der Waals surface area contributed by atoms with Crippen LogP contribution in [0.4, 0.5) is 22.0 Å². The smallest absolute Gasteiger partial charge is 0.456 e. The van der Waals surface area contributed by atoms with Gasteiger partial charge in [0.25, 0.3) is 5.91 Å². The van der Waals surface area contributed by atoms with Crippen LogP contribution in [-0.4, -0.2) is 41.6 Å². The molecule has 2 fully saturated rings. The number of hydrogen-bond donors (Lipinski definition) is 2. The SMILES string of the molecule is COc1ccc(CNC(=O)c2ccc([C@H]3C[C@@]4(C)C(CC[C@]4(O)C(F)(F)C(F)(F)F)C4CCC5=CC(=O)CCC5=C43)cc2)cc1. The molecule has 2 aromatic carbocycles. The first-order valence-electron chi connectivity index (χ1n) is 15.3. The Hall–Kier alpha value is -3.53. The summed E-state index contributed by atoms with van der Waals surface area (Å²) < 4.78 is 76.9. The summed E-state index contributed by atoms with van der Waals surface area (Å²) in [5.74, 6) is -6.33. The molecular formula is C35H36F5NO4. The summed E-state index contributed by atoms with van der Waals surface area (Å²) in [6, 6.07) is 14.0. The van der Waals surface area contributed by atoms with E-state index in [4.69, 9.17) is 4.74 Å². The Bertz CT molecular complexity index is 1560. The molecule has 5 nitrogen and oxygen atoms in total. The normalized spacial score (nSPS) is 29.8. The first-order chi connectivity index (χ1) is 21.2. The second kappa shape index (κ2) is 11.1. The number of methoxy groups -OCH3 is 1. The van der Waals surface area contributed by atoms with Crippen molar-refractivity contribution in [1.29, 1.82) is 0 Å². The van der Waals surface area contributed by atoms with E-state index in [1.165, 1.54) is 6.92 Å². The number of nitrogens with one attached hydrogen (secondary N) is 1. The van der Waals surface area contributed by atoms with E-state index < -0.39 is 41.4 Å². The maximum absolute atomic E-state index is 15.2. The highest BCUT2D eigenvalue weighted by Crippen LogP contribution is 2.70. The minimum atomic E-state index is -5.90. The third-order valence-corrected chi connectivity index (χ3v) is 10.9. The second-order valence-electron chi connectivity index (χ2n) is 13.1. The summed E-state index contributed by atoms with van der Waals surface area (Å²) in [6.07, 6.45) is -3.12. The number of allylic oxidation sites excluding steroid dienone is 4. The van der Waals surface area contributed by atoms with E-state index >= 15 is 8.78 Å². The zero-order chi connectivity index (χ0) is 32.4. The Morgan fingerprint density at radius 1 is 1.00 bits per heavy atom. The largest absolute Gasteiger partial charge is 0.497 e. The maximum Gasteiger partial charge on any atom is 0.456 e. The van der Waals surface area contributed by atoms with E-state index in [9.17, 15) is 27.9 Å². The number of alkyl halides is 5. The molecule has 0 heterocycles. The molecule has 4 aliphatic carbocycles. The number of aliphatic hydroxyl groups is 1. The molecule has 2 unspecified atom stereocenters. The number of carbonyl (C=O) groups excluding carboxylic acids is 2. The maximum atomic E-state index is 15.2. The number of halogens is 5. The monoisotopic (exact) mass is 629 g/mol. The van der Waals surface area contributed by atoms with Gasteiger partial charge in [-0.2, -0.15) is 22.0 Å². The average molecular weight is 630 g/mol. The number of amides is 1. The predicted molar refractivity (Wildman–Crippen MR) is 157 cm³/mol. The number of fused-ring (bicyclic) bond motifs is 4. The van der Waals surface area contributed by atoms with Crippen LogP contribution in [0, 0.1) is 17.3 Å². The van der Waals surface area contributed by atoms with Crippen LogP contribution in [0.2, 0.25) is 0 Å². The molecule has 0 aliphatic heterocycles. The van der Waals surface area contributed by atoms with Gasteiger partial charge in [0, 0.05) is 29.9 Å². The van der Waals surface area contributed by atoms with E-state index in [2.05, 4.69) is 5.32 Å². The highest BCUT2D eigenvalue weighted by atomic mass is 19.4. The van der Waals surface area contributed by atoms with E-state index in [0.29, 0.717) is 42.6 Å². The molecule has 1 amide bonds. The van der Waals surface area contributed by atoms with Crippen molar-refractivity contribution in [1.82, 2.24) is 5.32 Å². The van der Waals surface area contributed by atoms with E-state index in [1.54, 1.807) is 49.6 Å². The van der Waals surface area contributed by atoms with Gasteiger partial charge in [-0.25, -0.2) is 0 Å². The van der Waals surface area contributed by atoms with Crippen LogP contribution in [0.5, 0.6) is 5.75 Å². The lowest BCUT2D eigenvalue weighted by molar-refractivity contribution is -0.362. The van der Waals surface area contributed by atoms with Crippen LogP contribution in [-0.2, 0) is 11.3 Å². The molecule has 2 N–H and O–H groups in total. The Balaban J connectivity index is 1.35. The number of carbonyl (C=O) groups is 2. The van der Waals surface area contributed by atoms with Crippen molar-refractivity contribution < 1.29 is 41.4 Å². The fourth-order valence-electron chi connectivity index (χ4n) is 8.61. The van der Waals surface area contributed by atoms with Gasteiger partial charge < -0.3 is 15.2 Å². The third kappa shape index (κ3) is 5.00. The first-order valence-corrected chi connectivity index (χ1v) is 15.3. The molecule has 10 heteroatoms. The number of ketones is 1. The van der Waals surface area contributed by atoms with Gasteiger partial charge in [-0.15, -0.1) is 0 Å². The molecule has 2 aromatic rings. The molecule has 0 radical (unpaired) electrons.